The van der Waals surface area contributed by atoms with Gasteiger partial charge in [0.15, 0.2) is 0 Å². The summed E-state index contributed by atoms with van der Waals surface area (Å²) in [4.78, 5) is 27.6. The molecular formula is C25H35N3O4S. The van der Waals surface area contributed by atoms with Crippen molar-refractivity contribution in [3.05, 3.63) is 65.2 Å². The third-order valence-corrected chi connectivity index (χ3v) is 6.49. The molecule has 0 aliphatic rings. The van der Waals surface area contributed by atoms with E-state index in [0.29, 0.717) is 5.69 Å². The second-order valence-electron chi connectivity index (χ2n) is 8.64. The fourth-order valence-electron chi connectivity index (χ4n) is 3.51. The predicted molar refractivity (Wildman–Crippen MR) is 132 cm³/mol. The van der Waals surface area contributed by atoms with Gasteiger partial charge in [0.05, 0.1) is 11.9 Å². The summed E-state index contributed by atoms with van der Waals surface area (Å²) in [5.74, 6) is -0.739. The highest BCUT2D eigenvalue weighted by Gasteiger charge is 2.30. The first-order valence-corrected chi connectivity index (χ1v) is 13.0. The molecular weight excluding hydrogens is 438 g/mol. The smallest absolute Gasteiger partial charge is 0.244 e. The molecule has 0 radical (unpaired) electrons. The molecule has 1 unspecified atom stereocenters. The zero-order valence-electron chi connectivity index (χ0n) is 20.3. The van der Waals surface area contributed by atoms with Crippen molar-refractivity contribution in [3.63, 3.8) is 0 Å². The summed E-state index contributed by atoms with van der Waals surface area (Å²) in [6.07, 6.45) is 1.90. The Morgan fingerprint density at radius 2 is 1.64 bits per heavy atom. The molecule has 0 heterocycles. The Kier molecular flexibility index (Phi) is 9.05. The molecule has 0 aliphatic heterocycles. The van der Waals surface area contributed by atoms with Gasteiger partial charge >= 0.3 is 0 Å². The molecule has 2 rings (SSSR count). The van der Waals surface area contributed by atoms with Crippen LogP contribution in [0.4, 0.5) is 5.69 Å². The third-order valence-electron chi connectivity index (χ3n) is 5.35. The number of hydrogen-bond donors (Lipinski definition) is 1. The molecule has 7 nitrogen and oxygen atoms in total. The zero-order valence-corrected chi connectivity index (χ0v) is 21.1. The Morgan fingerprint density at radius 1 is 1.00 bits per heavy atom. The molecule has 0 spiro atoms. The second-order valence-corrected chi connectivity index (χ2v) is 10.5. The number of benzene rings is 2. The maximum absolute atomic E-state index is 13.5. The molecule has 180 valence electrons. The minimum Gasteiger partial charge on any atom is -0.352 e. The number of aryl methyl sites for hydroxylation is 2. The van der Waals surface area contributed by atoms with Crippen molar-refractivity contribution in [2.45, 2.75) is 59.7 Å². The number of carbonyl (C=O) groups is 2. The normalized spacial score (nSPS) is 12.3. The Bertz CT molecular complexity index is 1070. The van der Waals surface area contributed by atoms with E-state index in [-0.39, 0.29) is 18.5 Å². The van der Waals surface area contributed by atoms with E-state index in [1.54, 1.807) is 19.1 Å². The SMILES string of the molecule is CCc1ccc(N(CC(=O)N(Cc2cccc(C)c2)C(C)C(=O)NC(C)C)S(C)(=O)=O)cc1. The van der Waals surface area contributed by atoms with Crippen LogP contribution in [0.3, 0.4) is 0 Å². The van der Waals surface area contributed by atoms with Gasteiger partial charge in [-0.15, -0.1) is 0 Å². The highest BCUT2D eigenvalue weighted by molar-refractivity contribution is 7.92. The summed E-state index contributed by atoms with van der Waals surface area (Å²) in [5.41, 5.74) is 3.38. The van der Waals surface area contributed by atoms with Crippen molar-refractivity contribution in [2.75, 3.05) is 17.1 Å². The lowest BCUT2D eigenvalue weighted by atomic mass is 10.1. The lowest BCUT2D eigenvalue weighted by Gasteiger charge is -2.32. The minimum absolute atomic E-state index is 0.0829. The average Bonchev–Trinajstić information content (AvgIpc) is 2.74. The van der Waals surface area contributed by atoms with Gasteiger partial charge in [0.2, 0.25) is 21.8 Å². The molecule has 1 N–H and O–H groups in total. The number of amides is 2. The lowest BCUT2D eigenvalue weighted by molar-refractivity contribution is -0.139. The maximum Gasteiger partial charge on any atom is 0.244 e. The molecule has 0 aromatic heterocycles. The van der Waals surface area contributed by atoms with E-state index in [2.05, 4.69) is 5.32 Å². The van der Waals surface area contributed by atoms with Gasteiger partial charge in [-0.2, -0.15) is 0 Å². The number of hydrogen-bond acceptors (Lipinski definition) is 4. The summed E-state index contributed by atoms with van der Waals surface area (Å²) in [6.45, 7) is 9.13. The highest BCUT2D eigenvalue weighted by atomic mass is 32.2. The number of carbonyl (C=O) groups excluding carboxylic acids is 2. The van der Waals surface area contributed by atoms with Crippen LogP contribution in [0.15, 0.2) is 48.5 Å². The summed E-state index contributed by atoms with van der Waals surface area (Å²) in [7, 11) is -3.73. The number of rotatable bonds is 10. The second kappa shape index (κ2) is 11.3. The number of nitrogens with one attached hydrogen (secondary N) is 1. The molecule has 1 atom stereocenters. The van der Waals surface area contributed by atoms with E-state index in [4.69, 9.17) is 0 Å². The first-order chi connectivity index (χ1) is 15.4. The first-order valence-electron chi connectivity index (χ1n) is 11.1. The van der Waals surface area contributed by atoms with Gasteiger partial charge in [-0.3, -0.25) is 13.9 Å². The third kappa shape index (κ3) is 7.60. The first kappa shape index (κ1) is 26.4. The predicted octanol–water partition coefficient (Wildman–Crippen LogP) is 3.27. The lowest BCUT2D eigenvalue weighted by Crippen LogP contribution is -2.52. The Morgan fingerprint density at radius 3 is 2.15 bits per heavy atom. The van der Waals surface area contributed by atoms with Gasteiger partial charge in [0.25, 0.3) is 0 Å². The minimum atomic E-state index is -3.73. The Hall–Kier alpha value is -2.87. The van der Waals surface area contributed by atoms with Crippen molar-refractivity contribution >= 4 is 27.5 Å². The Balaban J connectivity index is 2.38. The molecule has 0 saturated carbocycles. The Labute approximate surface area is 197 Å². The van der Waals surface area contributed by atoms with E-state index < -0.39 is 28.5 Å². The van der Waals surface area contributed by atoms with Crippen LogP contribution < -0.4 is 9.62 Å². The van der Waals surface area contributed by atoms with Crippen LogP contribution in [0.25, 0.3) is 0 Å². The number of nitrogens with zero attached hydrogens (tertiary/aromatic N) is 2. The summed E-state index contributed by atoms with van der Waals surface area (Å²) in [5, 5.41) is 2.84. The van der Waals surface area contributed by atoms with Gasteiger partial charge in [0, 0.05) is 12.6 Å². The molecule has 2 aromatic rings. The molecule has 8 heteroatoms. The van der Waals surface area contributed by atoms with Crippen LogP contribution in [0.1, 0.15) is 44.4 Å². The van der Waals surface area contributed by atoms with E-state index in [0.717, 1.165) is 33.7 Å². The monoisotopic (exact) mass is 473 g/mol. The van der Waals surface area contributed by atoms with E-state index in [1.165, 1.54) is 4.90 Å². The van der Waals surface area contributed by atoms with Crippen molar-refractivity contribution in [1.82, 2.24) is 10.2 Å². The van der Waals surface area contributed by atoms with Crippen LogP contribution in [-0.4, -0.2) is 50.0 Å². The molecule has 33 heavy (non-hydrogen) atoms. The molecule has 2 aromatic carbocycles. The highest BCUT2D eigenvalue weighted by Crippen LogP contribution is 2.20. The van der Waals surface area contributed by atoms with Crippen LogP contribution in [0.5, 0.6) is 0 Å². The van der Waals surface area contributed by atoms with Gasteiger partial charge in [0.1, 0.15) is 12.6 Å². The summed E-state index contributed by atoms with van der Waals surface area (Å²) >= 11 is 0. The van der Waals surface area contributed by atoms with Crippen molar-refractivity contribution in [2.24, 2.45) is 0 Å². The molecule has 0 bridgehead atoms. The van der Waals surface area contributed by atoms with Crippen molar-refractivity contribution in [3.8, 4) is 0 Å². The van der Waals surface area contributed by atoms with E-state index in [9.17, 15) is 18.0 Å². The average molecular weight is 474 g/mol. The number of sulfonamides is 1. The topological polar surface area (TPSA) is 86.8 Å². The van der Waals surface area contributed by atoms with E-state index in [1.807, 2.05) is 64.1 Å². The van der Waals surface area contributed by atoms with Crippen molar-refractivity contribution < 1.29 is 18.0 Å². The zero-order chi connectivity index (χ0) is 24.8. The van der Waals surface area contributed by atoms with Crippen LogP contribution in [0, 0.1) is 6.92 Å². The van der Waals surface area contributed by atoms with Crippen LogP contribution >= 0.6 is 0 Å². The standard InChI is InChI=1S/C25H35N3O4S/c1-7-21-11-13-23(14-12-21)28(33(6,31)32)17-24(29)27(20(5)25(30)26-18(2)3)16-22-10-8-9-19(4)15-22/h8-15,18,20H,7,16-17H2,1-6H3,(H,26,30). The largest absolute Gasteiger partial charge is 0.352 e. The van der Waals surface area contributed by atoms with Gasteiger partial charge in [-0.25, -0.2) is 8.42 Å². The van der Waals surface area contributed by atoms with Gasteiger partial charge < -0.3 is 10.2 Å². The van der Waals surface area contributed by atoms with Crippen LogP contribution in [0.2, 0.25) is 0 Å². The summed E-state index contributed by atoms with van der Waals surface area (Å²) < 4.78 is 26.2. The fourth-order valence-corrected chi connectivity index (χ4v) is 4.36. The van der Waals surface area contributed by atoms with E-state index >= 15 is 0 Å². The summed E-state index contributed by atoms with van der Waals surface area (Å²) in [6, 6.07) is 13.9. The maximum atomic E-state index is 13.5. The quantitative estimate of drug-likeness (QED) is 0.574. The fraction of sp³-hybridized carbons (Fsp3) is 0.440. The van der Waals surface area contributed by atoms with Crippen LogP contribution in [-0.2, 0) is 32.6 Å². The molecule has 0 aliphatic carbocycles. The van der Waals surface area contributed by atoms with Crippen molar-refractivity contribution in [1.29, 1.82) is 0 Å². The molecule has 0 saturated heterocycles. The number of anilines is 1. The van der Waals surface area contributed by atoms with Gasteiger partial charge in [-0.05, 0) is 57.4 Å². The molecule has 0 fully saturated rings. The molecule has 2 amide bonds. The van der Waals surface area contributed by atoms with Gasteiger partial charge in [-0.1, -0.05) is 48.9 Å².